The molecule has 4 aromatic rings. The molecule has 0 atom stereocenters. The van der Waals surface area contributed by atoms with Gasteiger partial charge in [0.25, 0.3) is 0 Å². The van der Waals surface area contributed by atoms with E-state index in [1.54, 1.807) is 0 Å². The highest BCUT2D eigenvalue weighted by molar-refractivity contribution is 5.86. The summed E-state index contributed by atoms with van der Waals surface area (Å²) in [6.07, 6.45) is 0. The van der Waals surface area contributed by atoms with Crippen LogP contribution in [-0.4, -0.2) is 0 Å². The molecular weight excluding hydrogens is 616 g/mol. The maximum absolute atomic E-state index is 15.3. The quantitative estimate of drug-likeness (QED) is 0.114. The van der Waals surface area contributed by atoms with Crippen molar-refractivity contribution < 1.29 is 70.2 Å². The van der Waals surface area contributed by atoms with Crippen molar-refractivity contribution in [2.45, 2.75) is 11.8 Å². The summed E-state index contributed by atoms with van der Waals surface area (Å²) in [5, 5.41) is 0. The van der Waals surface area contributed by atoms with Crippen LogP contribution in [0.25, 0.3) is 22.3 Å². The average molecular weight is 618 g/mol. The van der Waals surface area contributed by atoms with Gasteiger partial charge in [0, 0.05) is 56.3 Å². The summed E-state index contributed by atoms with van der Waals surface area (Å²) in [5.74, 6) is -49.3. The van der Waals surface area contributed by atoms with Crippen LogP contribution in [0.3, 0.4) is 0 Å². The Morgan fingerprint density at radius 1 is 0.190 bits per heavy atom. The van der Waals surface area contributed by atoms with E-state index in [4.69, 9.17) is 0 Å². The van der Waals surface area contributed by atoms with Crippen molar-refractivity contribution in [1.82, 2.24) is 0 Å². The Kier molecular flexibility index (Phi) is 5.74. The Labute approximate surface area is 220 Å². The molecule has 0 aliphatic heterocycles. The molecule has 6 rings (SSSR count). The zero-order valence-corrected chi connectivity index (χ0v) is 19.2. The molecule has 0 fully saturated rings. The second-order valence-corrected chi connectivity index (χ2v) is 9.13. The first-order valence-electron chi connectivity index (χ1n) is 11.0. The SMILES string of the molecule is Fc1c(F)c(F)c2c(c1F)-c1c(F)c(F)c(F)c(F)c1C2C1c2c(F)c(F)c(F)c(F)c2-c2c(F)c(F)c(F)c(F)c21. The standard InChI is InChI=1S/C26H2F16/c27-11-3-1(4-8(7(3)15(31)23(39)19(11)35)16(32)24(40)20(36)12(4)28)2-5-9(17(33)25(41)21(37)13(5)29)10-6(2)14(30)22(38)26(42)18(10)34/h1-2H. The van der Waals surface area contributed by atoms with Gasteiger partial charge in [0.05, 0.1) is 0 Å². The van der Waals surface area contributed by atoms with Gasteiger partial charge in [-0.05, 0) is 0 Å². The highest BCUT2D eigenvalue weighted by Crippen LogP contribution is 2.63. The van der Waals surface area contributed by atoms with Crippen molar-refractivity contribution in [3.63, 3.8) is 0 Å². The summed E-state index contributed by atoms with van der Waals surface area (Å²) in [6, 6.07) is 0. The minimum atomic E-state index is -3.14. The molecule has 0 bridgehead atoms. The number of hydrogen-bond donors (Lipinski definition) is 0. The van der Waals surface area contributed by atoms with Gasteiger partial charge in [0.2, 0.25) is 0 Å². The normalized spacial score (nSPS) is 14.0. The first-order valence-corrected chi connectivity index (χ1v) is 11.0. The van der Waals surface area contributed by atoms with Gasteiger partial charge in [-0.25, -0.2) is 70.2 Å². The molecule has 0 amide bonds. The van der Waals surface area contributed by atoms with Gasteiger partial charge in [-0.2, -0.15) is 0 Å². The molecule has 2 aliphatic carbocycles. The molecule has 4 aromatic carbocycles. The fraction of sp³-hybridized carbons (Fsp3) is 0.0769. The summed E-state index contributed by atoms with van der Waals surface area (Å²) in [5.41, 5.74) is -15.2. The van der Waals surface area contributed by atoms with Gasteiger partial charge in [0.1, 0.15) is 0 Å². The van der Waals surface area contributed by atoms with Crippen molar-refractivity contribution in [3.8, 4) is 22.3 Å². The largest absolute Gasteiger partial charge is 0.203 e. The summed E-state index contributed by atoms with van der Waals surface area (Å²) >= 11 is 0. The van der Waals surface area contributed by atoms with E-state index in [2.05, 4.69) is 0 Å². The molecule has 42 heavy (non-hydrogen) atoms. The van der Waals surface area contributed by atoms with Crippen LogP contribution in [-0.2, 0) is 0 Å². The molecule has 218 valence electrons. The summed E-state index contributed by atoms with van der Waals surface area (Å²) in [6.45, 7) is 0. The first kappa shape index (κ1) is 27.9. The Hall–Kier alpha value is -4.24. The number of halogens is 16. The highest BCUT2D eigenvalue weighted by atomic mass is 19.2. The summed E-state index contributed by atoms with van der Waals surface area (Å²) in [4.78, 5) is 0. The van der Waals surface area contributed by atoms with Crippen LogP contribution in [0.1, 0.15) is 34.1 Å². The molecule has 2 aliphatic rings. The van der Waals surface area contributed by atoms with Crippen LogP contribution in [0.2, 0.25) is 0 Å². The van der Waals surface area contributed by atoms with E-state index in [0.29, 0.717) is 0 Å². The summed E-state index contributed by atoms with van der Waals surface area (Å²) in [7, 11) is 0. The average Bonchev–Trinajstić information content (AvgIpc) is 3.50. The number of fused-ring (bicyclic) bond motifs is 6. The third-order valence-electron chi connectivity index (χ3n) is 7.29. The van der Waals surface area contributed by atoms with Crippen molar-refractivity contribution in [1.29, 1.82) is 0 Å². The maximum atomic E-state index is 15.3. The first-order chi connectivity index (χ1) is 19.6. The van der Waals surface area contributed by atoms with Crippen molar-refractivity contribution in [2.24, 2.45) is 0 Å². The zero-order chi connectivity index (χ0) is 31.0. The predicted octanol–water partition coefficient (Wildman–Crippen LogP) is 8.84. The van der Waals surface area contributed by atoms with E-state index in [9.17, 15) is 52.7 Å². The van der Waals surface area contributed by atoms with Crippen LogP contribution in [0.4, 0.5) is 70.2 Å². The molecular formula is C26H2F16. The molecule has 0 N–H and O–H groups in total. The molecule has 0 heterocycles. The van der Waals surface area contributed by atoms with Crippen LogP contribution < -0.4 is 0 Å². The highest BCUT2D eigenvalue weighted by Gasteiger charge is 2.53. The molecule has 0 nitrogen and oxygen atoms in total. The Bertz CT molecular complexity index is 1680. The predicted molar refractivity (Wildman–Crippen MR) is 107 cm³/mol. The Morgan fingerprint density at radius 3 is 0.500 bits per heavy atom. The maximum Gasteiger partial charge on any atom is 0.198 e. The Morgan fingerprint density at radius 2 is 0.333 bits per heavy atom. The topological polar surface area (TPSA) is 0 Å². The lowest BCUT2D eigenvalue weighted by Gasteiger charge is -2.25. The van der Waals surface area contributed by atoms with Gasteiger partial charge in [-0.15, -0.1) is 0 Å². The fourth-order valence-corrected chi connectivity index (χ4v) is 5.70. The molecule has 0 saturated carbocycles. The minimum Gasteiger partial charge on any atom is -0.203 e. The van der Waals surface area contributed by atoms with E-state index in [-0.39, 0.29) is 0 Å². The van der Waals surface area contributed by atoms with Crippen LogP contribution in [0, 0.1) is 93.1 Å². The number of benzene rings is 4. The zero-order valence-electron chi connectivity index (χ0n) is 19.2. The van der Waals surface area contributed by atoms with E-state index >= 15 is 17.6 Å². The fourth-order valence-electron chi connectivity index (χ4n) is 5.70. The van der Waals surface area contributed by atoms with Crippen LogP contribution in [0.15, 0.2) is 0 Å². The van der Waals surface area contributed by atoms with Gasteiger partial charge >= 0.3 is 0 Å². The van der Waals surface area contributed by atoms with E-state index < -0.39 is 149 Å². The third kappa shape index (κ3) is 3.01. The van der Waals surface area contributed by atoms with Crippen LogP contribution in [0.5, 0.6) is 0 Å². The minimum absolute atomic E-state index is 1.89. The van der Waals surface area contributed by atoms with Gasteiger partial charge < -0.3 is 0 Å². The molecule has 0 saturated heterocycles. The molecule has 0 radical (unpaired) electrons. The van der Waals surface area contributed by atoms with E-state index in [0.717, 1.165) is 0 Å². The van der Waals surface area contributed by atoms with Crippen molar-refractivity contribution in [3.05, 3.63) is 115 Å². The lowest BCUT2D eigenvalue weighted by atomic mass is 9.77. The monoisotopic (exact) mass is 618 g/mol. The van der Waals surface area contributed by atoms with Crippen LogP contribution >= 0.6 is 0 Å². The van der Waals surface area contributed by atoms with Gasteiger partial charge in [-0.1, -0.05) is 0 Å². The molecule has 16 heteroatoms. The number of rotatable bonds is 1. The Balaban J connectivity index is 1.90. The van der Waals surface area contributed by atoms with E-state index in [1.165, 1.54) is 0 Å². The lowest BCUT2D eigenvalue weighted by molar-refractivity contribution is 0.390. The van der Waals surface area contributed by atoms with Crippen molar-refractivity contribution in [2.75, 3.05) is 0 Å². The molecule has 0 aromatic heterocycles. The molecule has 0 spiro atoms. The lowest BCUT2D eigenvalue weighted by Crippen LogP contribution is -2.18. The van der Waals surface area contributed by atoms with Gasteiger partial charge in [-0.3, -0.25) is 0 Å². The van der Waals surface area contributed by atoms with Crippen molar-refractivity contribution >= 4 is 0 Å². The smallest absolute Gasteiger partial charge is 0.198 e. The van der Waals surface area contributed by atoms with E-state index in [1.807, 2.05) is 0 Å². The number of hydrogen-bond acceptors (Lipinski definition) is 0. The van der Waals surface area contributed by atoms with Gasteiger partial charge in [0.15, 0.2) is 93.1 Å². The third-order valence-corrected chi connectivity index (χ3v) is 7.29. The molecule has 0 unspecified atom stereocenters. The second-order valence-electron chi connectivity index (χ2n) is 9.13. The summed E-state index contributed by atoms with van der Waals surface area (Å²) < 4.78 is 235. The second kappa shape index (κ2) is 8.64.